The van der Waals surface area contributed by atoms with Gasteiger partial charge in [-0.15, -0.1) is 24.5 Å². The predicted molar refractivity (Wildman–Crippen MR) is 220 cm³/mol. The summed E-state index contributed by atoms with van der Waals surface area (Å²) in [5, 5.41) is 7.75. The first-order valence-corrected chi connectivity index (χ1v) is 23.6. The maximum atomic E-state index is 14.9. The Kier molecular flexibility index (Phi) is 17.3. The molecule has 3 aromatic carbocycles. The second-order valence-corrected chi connectivity index (χ2v) is 19.4. The van der Waals surface area contributed by atoms with E-state index in [9.17, 15) is 34.8 Å². The standard InChI is InChI=1S/C41H54F3N3O7S3/c1-3-4-5-6-7-8-9-10-11-12-13-14-25-40(38(48)46-26-27-57(45,51)52,56(49,50)30-32-17-22-35(23-18-32)54-41(42,43)44)39-47-36-24-21-34(28-37(36)55-39)33-19-15-31(16-20-33)29-53-2/h15-24,28H,3-14,25-27,29-30H2,1-2H3,(H,46,48)(H2,45,51,52). The molecule has 3 N–H and O–H groups in total. The third kappa shape index (κ3) is 14.0. The number of aromatic nitrogens is 1. The van der Waals surface area contributed by atoms with E-state index in [0.29, 0.717) is 29.7 Å². The van der Waals surface area contributed by atoms with Crippen molar-refractivity contribution in [1.82, 2.24) is 10.3 Å². The molecule has 0 fully saturated rings. The number of amides is 1. The van der Waals surface area contributed by atoms with Crippen LogP contribution in [0.15, 0.2) is 66.7 Å². The van der Waals surface area contributed by atoms with E-state index in [-0.39, 0.29) is 17.0 Å². The number of halogens is 3. The van der Waals surface area contributed by atoms with Gasteiger partial charge >= 0.3 is 6.36 Å². The molecule has 1 amide bonds. The number of fused-ring (bicyclic) bond motifs is 1. The zero-order valence-corrected chi connectivity index (χ0v) is 35.1. The quantitative estimate of drug-likeness (QED) is 0.0626. The topological polar surface area (TPSA) is 155 Å². The molecule has 4 aromatic rings. The Balaban J connectivity index is 1.68. The van der Waals surface area contributed by atoms with E-state index in [1.54, 1.807) is 13.2 Å². The molecule has 0 spiro atoms. The maximum Gasteiger partial charge on any atom is 0.573 e. The predicted octanol–water partition coefficient (Wildman–Crippen LogP) is 9.31. The summed E-state index contributed by atoms with van der Waals surface area (Å²) in [5.74, 6) is -2.81. The average Bonchev–Trinajstić information content (AvgIpc) is 3.57. The Morgan fingerprint density at radius 3 is 1.91 bits per heavy atom. The number of primary sulfonamides is 1. The van der Waals surface area contributed by atoms with Crippen LogP contribution in [0.1, 0.15) is 107 Å². The molecule has 0 saturated carbocycles. The summed E-state index contributed by atoms with van der Waals surface area (Å²) < 4.78 is 99.5. The number of methoxy groups -OCH3 is 1. The summed E-state index contributed by atoms with van der Waals surface area (Å²) in [6.45, 7) is 2.21. The van der Waals surface area contributed by atoms with E-state index in [0.717, 1.165) is 65.8 Å². The molecule has 0 radical (unpaired) electrons. The molecular weight excluding hydrogens is 800 g/mol. The number of alkyl halides is 3. The molecule has 16 heteroatoms. The number of rotatable bonds is 25. The van der Waals surface area contributed by atoms with Gasteiger partial charge in [-0.25, -0.2) is 27.0 Å². The fraction of sp³-hybridized carbons (Fsp3) is 0.512. The van der Waals surface area contributed by atoms with Crippen molar-refractivity contribution in [3.63, 3.8) is 0 Å². The Bertz CT molecular complexity index is 2090. The van der Waals surface area contributed by atoms with Crippen molar-refractivity contribution in [2.45, 2.75) is 114 Å². The van der Waals surface area contributed by atoms with E-state index in [1.165, 1.54) is 50.7 Å². The van der Waals surface area contributed by atoms with Crippen LogP contribution in [0, 0.1) is 0 Å². The second-order valence-electron chi connectivity index (χ2n) is 14.4. The van der Waals surface area contributed by atoms with Gasteiger partial charge in [-0.1, -0.05) is 126 Å². The van der Waals surface area contributed by atoms with E-state index in [4.69, 9.17) is 14.9 Å². The summed E-state index contributed by atoms with van der Waals surface area (Å²) in [5.41, 5.74) is 3.33. The summed E-state index contributed by atoms with van der Waals surface area (Å²) in [4.78, 5) is 19.2. The lowest BCUT2D eigenvalue weighted by molar-refractivity contribution is -0.274. The summed E-state index contributed by atoms with van der Waals surface area (Å²) >= 11 is 1.06. The first-order valence-electron chi connectivity index (χ1n) is 19.4. The van der Waals surface area contributed by atoms with E-state index in [2.05, 4.69) is 17.0 Å². The molecule has 1 unspecified atom stereocenters. The number of hydrogen-bond acceptors (Lipinski definition) is 9. The fourth-order valence-electron chi connectivity index (χ4n) is 6.78. The van der Waals surface area contributed by atoms with Gasteiger partial charge in [-0.05, 0) is 52.9 Å². The van der Waals surface area contributed by atoms with Crippen LogP contribution in [0.2, 0.25) is 0 Å². The number of nitrogens with one attached hydrogen (secondary N) is 1. The van der Waals surface area contributed by atoms with E-state index < -0.39 is 60.7 Å². The molecule has 1 atom stereocenters. The number of nitrogens with zero attached hydrogens (tertiary/aromatic N) is 1. The van der Waals surface area contributed by atoms with Crippen LogP contribution >= 0.6 is 11.3 Å². The van der Waals surface area contributed by atoms with Crippen molar-refractivity contribution in [3.05, 3.63) is 82.9 Å². The summed E-state index contributed by atoms with van der Waals surface area (Å²) in [6, 6.07) is 17.7. The van der Waals surface area contributed by atoms with Crippen LogP contribution < -0.4 is 15.2 Å². The average molecular weight is 854 g/mol. The van der Waals surface area contributed by atoms with Gasteiger partial charge in [0.25, 0.3) is 0 Å². The lowest BCUT2D eigenvalue weighted by Gasteiger charge is -2.30. The van der Waals surface area contributed by atoms with Gasteiger partial charge in [-0.2, -0.15) is 0 Å². The van der Waals surface area contributed by atoms with Crippen LogP contribution in [-0.2, 0) is 46.5 Å². The number of sulfonamides is 1. The van der Waals surface area contributed by atoms with Crippen LogP contribution in [0.3, 0.4) is 0 Å². The van der Waals surface area contributed by atoms with Gasteiger partial charge in [0.2, 0.25) is 20.7 Å². The molecule has 0 aliphatic carbocycles. The van der Waals surface area contributed by atoms with E-state index >= 15 is 0 Å². The first-order chi connectivity index (χ1) is 27.1. The minimum absolute atomic E-state index is 0.0123. The van der Waals surface area contributed by atoms with Crippen molar-refractivity contribution < 1.29 is 44.3 Å². The Labute approximate surface area is 338 Å². The molecule has 0 aliphatic rings. The van der Waals surface area contributed by atoms with Crippen LogP contribution in [0.5, 0.6) is 5.75 Å². The molecule has 0 aliphatic heterocycles. The third-order valence-electron chi connectivity index (χ3n) is 9.80. The highest BCUT2D eigenvalue weighted by Gasteiger charge is 2.54. The highest BCUT2D eigenvalue weighted by atomic mass is 32.2. The molecule has 314 valence electrons. The highest BCUT2D eigenvalue weighted by molar-refractivity contribution is 7.92. The number of sulfone groups is 1. The van der Waals surface area contributed by atoms with Crippen molar-refractivity contribution in [3.8, 4) is 16.9 Å². The van der Waals surface area contributed by atoms with Crippen LogP contribution in [0.4, 0.5) is 13.2 Å². The van der Waals surface area contributed by atoms with Gasteiger partial charge < -0.3 is 14.8 Å². The molecule has 10 nitrogen and oxygen atoms in total. The van der Waals surface area contributed by atoms with Crippen molar-refractivity contribution in [2.75, 3.05) is 19.4 Å². The molecule has 1 aromatic heterocycles. The molecule has 0 saturated heterocycles. The number of thiazole rings is 1. The third-order valence-corrected chi connectivity index (χ3v) is 14.2. The second kappa shape index (κ2) is 21.4. The number of carbonyl (C=O) groups is 1. The van der Waals surface area contributed by atoms with Gasteiger partial charge in [-0.3, -0.25) is 4.79 Å². The normalized spacial score (nSPS) is 13.4. The smallest absolute Gasteiger partial charge is 0.406 e. The molecule has 0 bridgehead atoms. The Hall–Kier alpha value is -3.57. The number of nitrogens with two attached hydrogens (primary N) is 1. The SMILES string of the molecule is CCCCCCCCCCCCCCC(C(=O)NCCS(N)(=O)=O)(c1nc2ccc(-c3ccc(COC)cc3)cc2s1)S(=O)(=O)Cc1ccc(OC(F)(F)F)cc1. The lowest BCUT2D eigenvalue weighted by Crippen LogP contribution is -2.51. The minimum Gasteiger partial charge on any atom is -0.406 e. The van der Waals surface area contributed by atoms with Gasteiger partial charge in [0.15, 0.2) is 9.84 Å². The number of hydrogen-bond donors (Lipinski definition) is 2. The Morgan fingerprint density at radius 1 is 0.789 bits per heavy atom. The van der Waals surface area contributed by atoms with Gasteiger partial charge in [0, 0.05) is 13.7 Å². The fourth-order valence-corrected chi connectivity index (χ4v) is 10.8. The Morgan fingerprint density at radius 2 is 1.35 bits per heavy atom. The molecule has 1 heterocycles. The molecule has 4 rings (SSSR count). The lowest BCUT2D eigenvalue weighted by atomic mass is 9.98. The van der Waals surface area contributed by atoms with Crippen molar-refractivity contribution in [2.24, 2.45) is 5.14 Å². The van der Waals surface area contributed by atoms with Crippen molar-refractivity contribution >= 4 is 47.3 Å². The number of carbonyl (C=O) groups excluding carboxylic acids is 1. The summed E-state index contributed by atoms with van der Waals surface area (Å²) in [7, 11) is -6.95. The van der Waals surface area contributed by atoms with Gasteiger partial charge in [0.1, 0.15) is 10.8 Å². The minimum atomic E-state index is -4.94. The van der Waals surface area contributed by atoms with Gasteiger partial charge in [0.05, 0.1) is 28.3 Å². The zero-order chi connectivity index (χ0) is 41.5. The van der Waals surface area contributed by atoms with E-state index in [1.807, 2.05) is 36.4 Å². The number of ether oxygens (including phenoxy) is 2. The maximum absolute atomic E-state index is 14.9. The molecular formula is C41H54F3N3O7S3. The first kappa shape index (κ1) is 46.1. The number of unbranched alkanes of at least 4 members (excludes halogenated alkanes) is 11. The zero-order valence-electron chi connectivity index (χ0n) is 32.6. The van der Waals surface area contributed by atoms with Crippen LogP contribution in [-0.4, -0.2) is 53.5 Å². The van der Waals surface area contributed by atoms with Crippen LogP contribution in [0.25, 0.3) is 21.3 Å². The molecule has 57 heavy (non-hydrogen) atoms. The summed E-state index contributed by atoms with van der Waals surface area (Å²) in [6.07, 6.45) is 7.18. The highest BCUT2D eigenvalue weighted by Crippen LogP contribution is 2.43. The largest absolute Gasteiger partial charge is 0.573 e. The monoisotopic (exact) mass is 853 g/mol. The van der Waals surface area contributed by atoms with Crippen molar-refractivity contribution in [1.29, 1.82) is 0 Å². The number of benzene rings is 3.